The average molecular weight is 344 g/mol. The van der Waals surface area contributed by atoms with Crippen LogP contribution in [0, 0.1) is 0 Å². The maximum Gasteiger partial charge on any atom is 0.433 e. The molecule has 22 heavy (non-hydrogen) atoms. The molecule has 8 nitrogen and oxygen atoms in total. The molecule has 2 heterocycles. The summed E-state index contributed by atoms with van der Waals surface area (Å²) in [5.41, 5.74) is -2.91. The first kappa shape index (κ1) is 16.2. The lowest BCUT2D eigenvalue weighted by atomic mass is 10.4. The first-order valence-electron chi connectivity index (χ1n) is 5.61. The van der Waals surface area contributed by atoms with Crippen LogP contribution in [0.1, 0.15) is 12.1 Å². The van der Waals surface area contributed by atoms with E-state index in [-0.39, 0.29) is 10.7 Å². The van der Waals surface area contributed by atoms with Crippen molar-refractivity contribution < 1.29 is 30.3 Å². The topological polar surface area (TPSA) is 115 Å². The number of nitrogen functional groups attached to an aromatic ring is 1. The number of hydrogen-bond acceptors (Lipinski definition) is 6. The van der Waals surface area contributed by atoms with Crippen LogP contribution >= 0.6 is 0 Å². The fourth-order valence-electron chi connectivity index (χ4n) is 1.87. The van der Waals surface area contributed by atoms with Crippen LogP contribution in [0.25, 0.3) is 0 Å². The zero-order valence-corrected chi connectivity index (χ0v) is 11.4. The molecule has 0 spiro atoms. The SMILES string of the molecule is Nn1c(N2CC(S(=O)(=O)F)CC2=O)nc(C(F)(F)F)cc1=O. The lowest BCUT2D eigenvalue weighted by Crippen LogP contribution is -2.39. The van der Waals surface area contributed by atoms with Gasteiger partial charge in [-0.3, -0.25) is 14.5 Å². The standard InChI is InChI=1S/C9H8F4N4O4S/c10-9(11,12)5-2-7(19)17(14)8(15-5)16-3-4(1-6(16)18)22(13,20)21/h2,4H,1,3,14H2. The van der Waals surface area contributed by atoms with E-state index in [2.05, 4.69) is 4.98 Å². The van der Waals surface area contributed by atoms with Gasteiger partial charge in [-0.25, -0.2) is 4.98 Å². The minimum atomic E-state index is -5.08. The number of alkyl halides is 3. The van der Waals surface area contributed by atoms with Crippen LogP contribution in [0.3, 0.4) is 0 Å². The molecule has 2 N–H and O–H groups in total. The highest BCUT2D eigenvalue weighted by atomic mass is 32.3. The molecule has 2 rings (SSSR count). The number of anilines is 1. The Bertz CT molecular complexity index is 788. The Labute approximate surface area is 120 Å². The van der Waals surface area contributed by atoms with Gasteiger partial charge >= 0.3 is 16.4 Å². The third kappa shape index (κ3) is 2.88. The Morgan fingerprint density at radius 1 is 1.32 bits per heavy atom. The van der Waals surface area contributed by atoms with Crippen molar-refractivity contribution in [3.63, 3.8) is 0 Å². The summed E-state index contributed by atoms with van der Waals surface area (Å²) in [7, 11) is -5.08. The Kier molecular flexibility index (Phi) is 3.63. The summed E-state index contributed by atoms with van der Waals surface area (Å²) in [5, 5.41) is -1.76. The van der Waals surface area contributed by atoms with Gasteiger partial charge in [0.2, 0.25) is 11.9 Å². The summed E-state index contributed by atoms with van der Waals surface area (Å²) in [6.07, 6.45) is -5.76. The summed E-state index contributed by atoms with van der Waals surface area (Å²) in [6, 6.07) is 0.118. The lowest BCUT2D eigenvalue weighted by Gasteiger charge is -2.18. The molecule has 0 aliphatic carbocycles. The van der Waals surface area contributed by atoms with E-state index in [4.69, 9.17) is 5.84 Å². The highest BCUT2D eigenvalue weighted by molar-refractivity contribution is 7.87. The molecule has 0 bridgehead atoms. The van der Waals surface area contributed by atoms with E-state index in [1.165, 1.54) is 0 Å². The van der Waals surface area contributed by atoms with Crippen LogP contribution in [0.4, 0.5) is 23.0 Å². The molecule has 0 aromatic carbocycles. The largest absolute Gasteiger partial charge is 0.433 e. The Morgan fingerprint density at radius 3 is 2.36 bits per heavy atom. The van der Waals surface area contributed by atoms with E-state index in [1.807, 2.05) is 0 Å². The molecule has 1 aromatic heterocycles. The van der Waals surface area contributed by atoms with Crippen molar-refractivity contribution in [1.82, 2.24) is 9.66 Å². The molecule has 1 aromatic rings. The van der Waals surface area contributed by atoms with Crippen LogP contribution in [-0.4, -0.2) is 35.8 Å². The summed E-state index contributed by atoms with van der Waals surface area (Å²) in [6.45, 7) is -0.789. The summed E-state index contributed by atoms with van der Waals surface area (Å²) in [5.74, 6) is 3.31. The van der Waals surface area contributed by atoms with Crippen molar-refractivity contribution in [1.29, 1.82) is 0 Å². The first-order valence-corrected chi connectivity index (χ1v) is 7.06. The monoisotopic (exact) mass is 344 g/mol. The smallest absolute Gasteiger partial charge is 0.333 e. The van der Waals surface area contributed by atoms with Gasteiger partial charge in [0.15, 0.2) is 5.69 Å². The van der Waals surface area contributed by atoms with Crippen molar-refractivity contribution in [3.8, 4) is 0 Å². The highest BCUT2D eigenvalue weighted by Crippen LogP contribution is 2.29. The van der Waals surface area contributed by atoms with Crippen molar-refractivity contribution >= 4 is 22.1 Å². The predicted molar refractivity (Wildman–Crippen MR) is 64.4 cm³/mol. The van der Waals surface area contributed by atoms with E-state index >= 15 is 0 Å². The van der Waals surface area contributed by atoms with Gasteiger partial charge < -0.3 is 5.84 Å². The van der Waals surface area contributed by atoms with E-state index in [1.54, 1.807) is 0 Å². The lowest BCUT2D eigenvalue weighted by molar-refractivity contribution is -0.141. The summed E-state index contributed by atoms with van der Waals surface area (Å²) >= 11 is 0. The van der Waals surface area contributed by atoms with Gasteiger partial charge in [0, 0.05) is 19.0 Å². The summed E-state index contributed by atoms with van der Waals surface area (Å²) < 4.78 is 72.5. The molecule has 122 valence electrons. The number of nitrogens with zero attached hydrogens (tertiary/aromatic N) is 3. The second kappa shape index (κ2) is 4.93. The molecule has 1 atom stereocenters. The Balaban J connectivity index is 2.52. The van der Waals surface area contributed by atoms with E-state index in [0.29, 0.717) is 4.90 Å². The summed E-state index contributed by atoms with van der Waals surface area (Å²) in [4.78, 5) is 26.6. The number of carbonyl (C=O) groups excluding carboxylic acids is 1. The molecule has 1 saturated heterocycles. The number of halogens is 4. The van der Waals surface area contributed by atoms with Crippen molar-refractivity contribution in [2.24, 2.45) is 0 Å². The minimum Gasteiger partial charge on any atom is -0.333 e. The molecular formula is C9H8F4N4O4S. The quantitative estimate of drug-likeness (QED) is 0.434. The van der Waals surface area contributed by atoms with Crippen molar-refractivity contribution in [2.75, 3.05) is 17.3 Å². The van der Waals surface area contributed by atoms with Gasteiger partial charge in [0.25, 0.3) is 5.56 Å². The zero-order valence-electron chi connectivity index (χ0n) is 10.5. The molecule has 0 saturated carbocycles. The van der Waals surface area contributed by atoms with E-state index in [0.717, 1.165) is 0 Å². The number of rotatable bonds is 2. The van der Waals surface area contributed by atoms with Crippen LogP contribution < -0.4 is 16.3 Å². The normalized spacial score (nSPS) is 19.7. The number of nitrogens with two attached hydrogens (primary N) is 1. The minimum absolute atomic E-state index is 0.118. The zero-order chi connectivity index (χ0) is 16.9. The van der Waals surface area contributed by atoms with Crippen LogP contribution in [-0.2, 0) is 21.2 Å². The molecule has 1 aliphatic heterocycles. The molecule has 1 unspecified atom stereocenters. The molecule has 0 radical (unpaired) electrons. The maximum absolute atomic E-state index is 12.9. The Morgan fingerprint density at radius 2 is 1.91 bits per heavy atom. The molecule has 1 fully saturated rings. The third-order valence-electron chi connectivity index (χ3n) is 2.95. The molecule has 13 heteroatoms. The first-order chi connectivity index (χ1) is 9.91. The average Bonchev–Trinajstić information content (AvgIpc) is 2.73. The van der Waals surface area contributed by atoms with Gasteiger partial charge in [0.1, 0.15) is 5.25 Å². The van der Waals surface area contributed by atoms with Gasteiger partial charge in [0.05, 0.1) is 0 Å². The maximum atomic E-state index is 12.9. The Hall–Kier alpha value is -2.18. The second-order valence-electron chi connectivity index (χ2n) is 4.45. The van der Waals surface area contributed by atoms with Crippen LogP contribution in [0.2, 0.25) is 0 Å². The van der Waals surface area contributed by atoms with Gasteiger partial charge in [-0.15, -0.1) is 3.89 Å². The number of amides is 1. The third-order valence-corrected chi connectivity index (χ3v) is 4.07. The number of hydrogen-bond donors (Lipinski definition) is 1. The van der Waals surface area contributed by atoms with Gasteiger partial charge in [-0.1, -0.05) is 0 Å². The molecule has 1 amide bonds. The van der Waals surface area contributed by atoms with Crippen LogP contribution in [0.5, 0.6) is 0 Å². The number of carbonyl (C=O) groups is 1. The number of aromatic nitrogens is 2. The highest BCUT2D eigenvalue weighted by Gasteiger charge is 2.42. The molecule has 1 aliphatic rings. The fraction of sp³-hybridized carbons (Fsp3) is 0.444. The van der Waals surface area contributed by atoms with Crippen molar-refractivity contribution in [2.45, 2.75) is 17.8 Å². The van der Waals surface area contributed by atoms with E-state index in [9.17, 15) is 35.1 Å². The fourth-order valence-corrected chi connectivity index (χ4v) is 2.54. The van der Waals surface area contributed by atoms with Gasteiger partial charge in [-0.2, -0.15) is 26.3 Å². The van der Waals surface area contributed by atoms with E-state index < -0.39 is 57.7 Å². The van der Waals surface area contributed by atoms with Crippen LogP contribution in [0.15, 0.2) is 10.9 Å². The van der Waals surface area contributed by atoms with Gasteiger partial charge in [-0.05, 0) is 0 Å². The molecular weight excluding hydrogens is 336 g/mol. The predicted octanol–water partition coefficient (Wildman–Crippen LogP) is -0.620. The second-order valence-corrected chi connectivity index (χ2v) is 6.07. The van der Waals surface area contributed by atoms with Crippen molar-refractivity contribution in [3.05, 3.63) is 22.1 Å².